The molecule has 0 aromatic heterocycles. The molecule has 1 aromatic carbocycles. The number of hydrogen-bond acceptors (Lipinski definition) is 4. The van der Waals surface area contributed by atoms with Crippen LogP contribution in [-0.2, 0) is 0 Å². The highest BCUT2D eigenvalue weighted by Crippen LogP contribution is 2.14. The third-order valence-electron chi connectivity index (χ3n) is 2.79. The number of amidine groups is 1. The molecule has 0 aliphatic carbocycles. The van der Waals surface area contributed by atoms with Crippen LogP contribution in [0.2, 0.25) is 0 Å². The number of carbonyl (C=O) groups excluding carboxylic acids is 1. The van der Waals surface area contributed by atoms with Gasteiger partial charge in [0.1, 0.15) is 5.84 Å². The third-order valence-corrected chi connectivity index (χ3v) is 2.79. The Morgan fingerprint density at radius 1 is 1.37 bits per heavy atom. The smallest absolute Gasteiger partial charge is 0.253 e. The summed E-state index contributed by atoms with van der Waals surface area (Å²) in [5, 5.41) is 11.3. The van der Waals surface area contributed by atoms with Gasteiger partial charge >= 0.3 is 0 Å². The molecule has 0 saturated heterocycles. The topological polar surface area (TPSA) is 82.2 Å². The molecule has 0 aliphatic heterocycles. The van der Waals surface area contributed by atoms with Crippen LogP contribution >= 0.6 is 0 Å². The average molecular weight is 264 g/mol. The molecule has 0 heterocycles. The molecule has 0 saturated carbocycles. The van der Waals surface area contributed by atoms with Crippen molar-refractivity contribution in [2.75, 3.05) is 32.6 Å². The first kappa shape index (κ1) is 14.8. The number of hydrogen-bond donors (Lipinski definition) is 2. The first-order chi connectivity index (χ1) is 8.95. The molecule has 6 heteroatoms. The molecule has 0 atom stereocenters. The van der Waals surface area contributed by atoms with E-state index in [-0.39, 0.29) is 11.7 Å². The lowest BCUT2D eigenvalue weighted by atomic mass is 10.1. The maximum atomic E-state index is 12.2. The molecule has 0 unspecified atom stereocenters. The Labute approximate surface area is 113 Å². The molecule has 3 N–H and O–H groups in total. The quantitative estimate of drug-likeness (QED) is 0.359. The normalized spacial score (nSPS) is 11.2. The Bertz CT molecular complexity index is 471. The van der Waals surface area contributed by atoms with Crippen molar-refractivity contribution < 1.29 is 10.0 Å². The SMILES string of the molecule is CN(CC/C(N)=N/O)C(=O)c1cccc(N(C)C)c1. The van der Waals surface area contributed by atoms with E-state index in [4.69, 9.17) is 10.9 Å². The van der Waals surface area contributed by atoms with Crippen molar-refractivity contribution in [2.45, 2.75) is 6.42 Å². The summed E-state index contributed by atoms with van der Waals surface area (Å²) in [5.41, 5.74) is 6.97. The number of rotatable bonds is 5. The Hall–Kier alpha value is -2.24. The number of nitrogens with two attached hydrogens (primary N) is 1. The second kappa shape index (κ2) is 6.63. The van der Waals surface area contributed by atoms with Crippen LogP contribution in [0.5, 0.6) is 0 Å². The Morgan fingerprint density at radius 3 is 2.63 bits per heavy atom. The van der Waals surface area contributed by atoms with Crippen LogP contribution in [0.1, 0.15) is 16.8 Å². The van der Waals surface area contributed by atoms with Gasteiger partial charge in [0.25, 0.3) is 5.91 Å². The van der Waals surface area contributed by atoms with Crippen molar-refractivity contribution in [3.05, 3.63) is 29.8 Å². The summed E-state index contributed by atoms with van der Waals surface area (Å²) in [4.78, 5) is 15.7. The summed E-state index contributed by atoms with van der Waals surface area (Å²) >= 11 is 0. The van der Waals surface area contributed by atoms with E-state index in [1.54, 1.807) is 18.0 Å². The van der Waals surface area contributed by atoms with Gasteiger partial charge < -0.3 is 20.7 Å². The Balaban J connectivity index is 2.74. The van der Waals surface area contributed by atoms with Gasteiger partial charge in [-0.3, -0.25) is 4.79 Å². The zero-order valence-corrected chi connectivity index (χ0v) is 11.5. The van der Waals surface area contributed by atoms with Gasteiger partial charge in [0.05, 0.1) is 0 Å². The zero-order valence-electron chi connectivity index (χ0n) is 11.5. The molecule has 0 spiro atoms. The molecule has 1 amide bonds. The van der Waals surface area contributed by atoms with E-state index in [0.717, 1.165) is 5.69 Å². The fourth-order valence-electron chi connectivity index (χ4n) is 1.57. The van der Waals surface area contributed by atoms with E-state index in [0.29, 0.717) is 18.5 Å². The Kier molecular flexibility index (Phi) is 5.17. The molecule has 0 fully saturated rings. The first-order valence-electron chi connectivity index (χ1n) is 5.95. The maximum absolute atomic E-state index is 12.2. The highest BCUT2D eigenvalue weighted by molar-refractivity contribution is 5.95. The molecule has 0 bridgehead atoms. The number of carbonyl (C=O) groups is 1. The van der Waals surface area contributed by atoms with Crippen LogP contribution < -0.4 is 10.6 Å². The molecular weight excluding hydrogens is 244 g/mol. The summed E-state index contributed by atoms with van der Waals surface area (Å²) in [6.07, 6.45) is 0.339. The molecule has 0 aliphatic rings. The summed E-state index contributed by atoms with van der Waals surface area (Å²) in [7, 11) is 5.53. The standard InChI is InChI=1S/C13H20N4O2/c1-16(2)11-6-4-5-10(9-11)13(18)17(3)8-7-12(14)15-19/h4-6,9,19H,7-8H2,1-3H3,(H2,14,15). The minimum absolute atomic E-state index is 0.0885. The lowest BCUT2D eigenvalue weighted by Gasteiger charge is -2.18. The molecule has 19 heavy (non-hydrogen) atoms. The number of anilines is 1. The minimum atomic E-state index is -0.0885. The van der Waals surface area contributed by atoms with Crippen molar-refractivity contribution in [1.29, 1.82) is 0 Å². The van der Waals surface area contributed by atoms with Crippen molar-refractivity contribution in [2.24, 2.45) is 10.9 Å². The molecule has 0 radical (unpaired) electrons. The molecule has 1 rings (SSSR count). The van der Waals surface area contributed by atoms with Gasteiger partial charge in [-0.05, 0) is 18.2 Å². The molecular formula is C13H20N4O2. The lowest BCUT2D eigenvalue weighted by molar-refractivity contribution is 0.0798. The van der Waals surface area contributed by atoms with Crippen LogP contribution in [0.15, 0.2) is 29.4 Å². The number of oxime groups is 1. The predicted molar refractivity (Wildman–Crippen MR) is 75.8 cm³/mol. The second-order valence-electron chi connectivity index (χ2n) is 4.51. The van der Waals surface area contributed by atoms with Crippen molar-refractivity contribution in [3.63, 3.8) is 0 Å². The summed E-state index contributed by atoms with van der Waals surface area (Å²) in [6, 6.07) is 7.39. The average Bonchev–Trinajstić information content (AvgIpc) is 2.43. The van der Waals surface area contributed by atoms with Gasteiger partial charge in [-0.1, -0.05) is 11.2 Å². The predicted octanol–water partition coefficient (Wildman–Crippen LogP) is 0.961. The van der Waals surface area contributed by atoms with E-state index in [9.17, 15) is 4.79 Å². The van der Waals surface area contributed by atoms with Crippen LogP contribution in [0, 0.1) is 0 Å². The first-order valence-corrected chi connectivity index (χ1v) is 5.95. The van der Waals surface area contributed by atoms with Gasteiger partial charge in [-0.25, -0.2) is 0 Å². The Morgan fingerprint density at radius 2 is 2.05 bits per heavy atom. The highest BCUT2D eigenvalue weighted by Gasteiger charge is 2.12. The van der Waals surface area contributed by atoms with Gasteiger partial charge in [-0.2, -0.15) is 0 Å². The monoisotopic (exact) mass is 264 g/mol. The highest BCUT2D eigenvalue weighted by atomic mass is 16.4. The molecule has 104 valence electrons. The van der Waals surface area contributed by atoms with Crippen LogP contribution in [0.4, 0.5) is 5.69 Å². The third kappa shape index (κ3) is 4.17. The fraction of sp³-hybridized carbons (Fsp3) is 0.385. The summed E-state index contributed by atoms with van der Waals surface area (Å²) in [5.74, 6) is 0.0242. The van der Waals surface area contributed by atoms with Crippen molar-refractivity contribution >= 4 is 17.4 Å². The fourth-order valence-corrected chi connectivity index (χ4v) is 1.57. The number of amides is 1. The van der Waals surface area contributed by atoms with E-state index < -0.39 is 0 Å². The number of benzene rings is 1. The van der Waals surface area contributed by atoms with Crippen LogP contribution in [0.3, 0.4) is 0 Å². The lowest BCUT2D eigenvalue weighted by Crippen LogP contribution is -2.30. The summed E-state index contributed by atoms with van der Waals surface area (Å²) < 4.78 is 0. The van der Waals surface area contributed by atoms with Crippen molar-refractivity contribution in [1.82, 2.24) is 4.90 Å². The minimum Gasteiger partial charge on any atom is -0.409 e. The van der Waals surface area contributed by atoms with E-state index >= 15 is 0 Å². The van der Waals surface area contributed by atoms with Crippen molar-refractivity contribution in [3.8, 4) is 0 Å². The largest absolute Gasteiger partial charge is 0.409 e. The molecule has 1 aromatic rings. The number of nitrogens with zero attached hydrogens (tertiary/aromatic N) is 3. The van der Waals surface area contributed by atoms with E-state index in [1.807, 2.05) is 37.2 Å². The molecule has 6 nitrogen and oxygen atoms in total. The second-order valence-corrected chi connectivity index (χ2v) is 4.51. The zero-order chi connectivity index (χ0) is 14.4. The van der Waals surface area contributed by atoms with E-state index in [2.05, 4.69) is 5.16 Å². The van der Waals surface area contributed by atoms with Gasteiger partial charge in [0.15, 0.2) is 0 Å². The van der Waals surface area contributed by atoms with Gasteiger partial charge in [0.2, 0.25) is 0 Å². The van der Waals surface area contributed by atoms with Gasteiger partial charge in [-0.15, -0.1) is 0 Å². The summed E-state index contributed by atoms with van der Waals surface area (Å²) in [6.45, 7) is 0.404. The van der Waals surface area contributed by atoms with Crippen LogP contribution in [0.25, 0.3) is 0 Å². The maximum Gasteiger partial charge on any atom is 0.253 e. The van der Waals surface area contributed by atoms with Crippen LogP contribution in [-0.4, -0.2) is 49.5 Å². The van der Waals surface area contributed by atoms with Gasteiger partial charge in [0, 0.05) is 45.4 Å². The van der Waals surface area contributed by atoms with E-state index in [1.165, 1.54) is 0 Å².